The average Bonchev–Trinajstić information content (AvgIpc) is 2.69. The first kappa shape index (κ1) is 16.3. The lowest BCUT2D eigenvalue weighted by Gasteiger charge is -2.25. The molecule has 1 fully saturated rings. The van der Waals surface area contributed by atoms with Crippen molar-refractivity contribution in [2.24, 2.45) is 0 Å². The molecule has 0 bridgehead atoms. The summed E-state index contributed by atoms with van der Waals surface area (Å²) in [4.78, 5) is 13.7. The van der Waals surface area contributed by atoms with Crippen LogP contribution in [-0.2, 0) is 23.7 Å². The normalized spacial score (nSPS) is 25.8. The highest BCUT2D eigenvalue weighted by Crippen LogP contribution is 2.28. The predicted octanol–water partition coefficient (Wildman–Crippen LogP) is -0.424. The molecular weight excluding hydrogens is 254 g/mol. The molecule has 1 aliphatic rings. The fraction of sp³-hybridized carbons (Fsp3) is 0.917. The highest BCUT2D eigenvalue weighted by atomic mass is 16.8. The Morgan fingerprint density at radius 2 is 1.95 bits per heavy atom. The van der Waals surface area contributed by atoms with Crippen LogP contribution in [0.1, 0.15) is 13.8 Å². The maximum atomic E-state index is 12.3. The highest BCUT2D eigenvalue weighted by Gasteiger charge is 2.45. The third-order valence-electron chi connectivity index (χ3n) is 2.93. The lowest BCUT2D eigenvalue weighted by Crippen LogP contribution is -2.46. The number of amides is 1. The third kappa shape index (κ3) is 4.12. The molecule has 1 amide bonds. The van der Waals surface area contributed by atoms with Crippen LogP contribution in [0.25, 0.3) is 0 Å². The molecule has 2 atom stereocenters. The zero-order chi connectivity index (χ0) is 14.6. The SMILES string of the molecule is COC(CN(C)C(=O)[C@@H]1OC(C)(C)O[C@@H]1CO)OC. The molecule has 1 N–H and O–H groups in total. The van der Waals surface area contributed by atoms with Crippen LogP contribution < -0.4 is 0 Å². The van der Waals surface area contributed by atoms with Crippen LogP contribution in [0.15, 0.2) is 0 Å². The number of likely N-dealkylation sites (N-methyl/N-ethyl adjacent to an activating group) is 1. The van der Waals surface area contributed by atoms with E-state index in [1.807, 2.05) is 0 Å². The van der Waals surface area contributed by atoms with E-state index in [0.29, 0.717) is 0 Å². The Balaban J connectivity index is 2.65. The minimum atomic E-state index is -0.878. The molecule has 1 rings (SSSR count). The van der Waals surface area contributed by atoms with Gasteiger partial charge in [-0.05, 0) is 13.8 Å². The van der Waals surface area contributed by atoms with Gasteiger partial charge in [-0.1, -0.05) is 0 Å². The number of methoxy groups -OCH3 is 2. The summed E-state index contributed by atoms with van der Waals surface area (Å²) in [5.74, 6) is -1.15. The van der Waals surface area contributed by atoms with Crippen molar-refractivity contribution in [3.63, 3.8) is 0 Å². The van der Waals surface area contributed by atoms with Gasteiger partial charge in [-0.15, -0.1) is 0 Å². The Morgan fingerprint density at radius 3 is 2.42 bits per heavy atom. The van der Waals surface area contributed by atoms with Crippen molar-refractivity contribution in [1.82, 2.24) is 4.90 Å². The zero-order valence-corrected chi connectivity index (χ0v) is 12.1. The van der Waals surface area contributed by atoms with Crippen LogP contribution in [0.2, 0.25) is 0 Å². The van der Waals surface area contributed by atoms with Gasteiger partial charge >= 0.3 is 0 Å². The molecule has 0 saturated carbocycles. The van der Waals surface area contributed by atoms with Crippen LogP contribution >= 0.6 is 0 Å². The molecule has 0 spiro atoms. The number of rotatable bonds is 6. The molecule has 7 heteroatoms. The molecule has 0 unspecified atom stereocenters. The highest BCUT2D eigenvalue weighted by molar-refractivity contribution is 5.81. The molecule has 0 aromatic heterocycles. The first-order chi connectivity index (χ1) is 8.84. The average molecular weight is 277 g/mol. The first-order valence-electron chi connectivity index (χ1n) is 6.11. The number of carbonyl (C=O) groups excluding carboxylic acids is 1. The van der Waals surface area contributed by atoms with Gasteiger partial charge < -0.3 is 29.0 Å². The van der Waals surface area contributed by atoms with Crippen LogP contribution in [0.3, 0.4) is 0 Å². The molecule has 0 radical (unpaired) electrons. The Labute approximate surface area is 113 Å². The van der Waals surface area contributed by atoms with Crippen molar-refractivity contribution in [2.45, 2.75) is 38.1 Å². The van der Waals surface area contributed by atoms with Gasteiger partial charge in [-0.2, -0.15) is 0 Å². The molecular formula is C12H23NO6. The maximum Gasteiger partial charge on any atom is 0.254 e. The topological polar surface area (TPSA) is 77.5 Å². The van der Waals surface area contributed by atoms with Crippen molar-refractivity contribution in [3.05, 3.63) is 0 Å². The minimum Gasteiger partial charge on any atom is -0.394 e. The lowest BCUT2D eigenvalue weighted by atomic mass is 10.2. The third-order valence-corrected chi connectivity index (χ3v) is 2.93. The van der Waals surface area contributed by atoms with Gasteiger partial charge in [0.05, 0.1) is 13.2 Å². The Kier molecular flexibility index (Phi) is 5.69. The fourth-order valence-corrected chi connectivity index (χ4v) is 1.95. The number of hydrogen-bond acceptors (Lipinski definition) is 6. The molecule has 0 aliphatic carbocycles. The van der Waals surface area contributed by atoms with Gasteiger partial charge in [0, 0.05) is 21.3 Å². The summed E-state index contributed by atoms with van der Waals surface area (Å²) in [6.07, 6.45) is -1.98. The van der Waals surface area contributed by atoms with Crippen LogP contribution in [0, 0.1) is 0 Å². The maximum absolute atomic E-state index is 12.3. The molecule has 19 heavy (non-hydrogen) atoms. The van der Waals surface area contributed by atoms with E-state index < -0.39 is 24.3 Å². The summed E-state index contributed by atoms with van der Waals surface area (Å²) in [5, 5.41) is 9.25. The molecule has 1 heterocycles. The van der Waals surface area contributed by atoms with Gasteiger partial charge in [0.15, 0.2) is 18.2 Å². The van der Waals surface area contributed by atoms with E-state index in [1.165, 1.54) is 19.1 Å². The number of nitrogens with zero attached hydrogens (tertiary/aromatic N) is 1. The van der Waals surface area contributed by atoms with Gasteiger partial charge in [-0.3, -0.25) is 4.79 Å². The van der Waals surface area contributed by atoms with Crippen molar-refractivity contribution < 1.29 is 28.8 Å². The molecule has 0 aromatic rings. The zero-order valence-electron chi connectivity index (χ0n) is 12.1. The smallest absolute Gasteiger partial charge is 0.254 e. The van der Waals surface area contributed by atoms with E-state index in [4.69, 9.17) is 18.9 Å². The van der Waals surface area contributed by atoms with Crippen molar-refractivity contribution in [1.29, 1.82) is 0 Å². The first-order valence-corrected chi connectivity index (χ1v) is 6.11. The fourth-order valence-electron chi connectivity index (χ4n) is 1.95. The molecule has 7 nitrogen and oxygen atoms in total. The monoisotopic (exact) mass is 277 g/mol. The molecule has 0 aromatic carbocycles. The predicted molar refractivity (Wildman–Crippen MR) is 66.4 cm³/mol. The van der Waals surface area contributed by atoms with Gasteiger partial charge in [0.2, 0.25) is 0 Å². The summed E-state index contributed by atoms with van der Waals surface area (Å²) in [6.45, 7) is 3.40. The van der Waals surface area contributed by atoms with E-state index >= 15 is 0 Å². The quantitative estimate of drug-likeness (QED) is 0.664. The molecule has 1 aliphatic heterocycles. The van der Waals surface area contributed by atoms with Gasteiger partial charge in [-0.25, -0.2) is 0 Å². The molecule has 112 valence electrons. The second-order valence-electron chi connectivity index (χ2n) is 4.90. The Bertz CT molecular complexity index is 305. The lowest BCUT2D eigenvalue weighted by molar-refractivity contribution is -0.166. The second-order valence-corrected chi connectivity index (χ2v) is 4.90. The number of hydrogen-bond donors (Lipinski definition) is 1. The van der Waals surface area contributed by atoms with E-state index in [-0.39, 0.29) is 19.1 Å². The summed E-state index contributed by atoms with van der Waals surface area (Å²) >= 11 is 0. The number of aliphatic hydroxyl groups is 1. The summed E-state index contributed by atoms with van der Waals surface area (Å²) in [7, 11) is 4.62. The van der Waals surface area contributed by atoms with E-state index in [2.05, 4.69) is 0 Å². The number of carbonyl (C=O) groups is 1. The minimum absolute atomic E-state index is 0.268. The van der Waals surface area contributed by atoms with Crippen LogP contribution in [0.4, 0.5) is 0 Å². The summed E-state index contributed by atoms with van der Waals surface area (Å²) in [5.41, 5.74) is 0. The second kappa shape index (κ2) is 6.62. The van der Waals surface area contributed by atoms with Crippen molar-refractivity contribution in [2.75, 3.05) is 34.4 Å². The Hall–Kier alpha value is -0.730. The van der Waals surface area contributed by atoms with Crippen LogP contribution in [-0.4, -0.2) is 74.6 Å². The van der Waals surface area contributed by atoms with Gasteiger partial charge in [0.1, 0.15) is 6.10 Å². The standard InChI is InChI=1S/C12H23NO6/c1-12(2)18-8(7-14)10(19-12)11(15)13(3)6-9(16-4)17-5/h8-10,14H,6-7H2,1-5H3/t8-,10-/m1/s1. The van der Waals surface area contributed by atoms with Crippen molar-refractivity contribution in [3.8, 4) is 0 Å². The number of aliphatic hydroxyl groups excluding tert-OH is 1. The molecule has 1 saturated heterocycles. The van der Waals surface area contributed by atoms with E-state index in [1.54, 1.807) is 20.9 Å². The van der Waals surface area contributed by atoms with E-state index in [9.17, 15) is 9.90 Å². The Morgan fingerprint density at radius 1 is 1.37 bits per heavy atom. The summed E-state index contributed by atoms with van der Waals surface area (Å²) in [6, 6.07) is 0. The number of ether oxygens (including phenoxy) is 4. The van der Waals surface area contributed by atoms with Crippen molar-refractivity contribution >= 4 is 5.91 Å². The van der Waals surface area contributed by atoms with Crippen LogP contribution in [0.5, 0.6) is 0 Å². The summed E-state index contributed by atoms with van der Waals surface area (Å²) < 4.78 is 21.1. The largest absolute Gasteiger partial charge is 0.394 e. The van der Waals surface area contributed by atoms with E-state index in [0.717, 1.165) is 0 Å². The van der Waals surface area contributed by atoms with Gasteiger partial charge in [0.25, 0.3) is 5.91 Å².